The Bertz CT molecular complexity index is 1270. The zero-order valence-corrected chi connectivity index (χ0v) is 20.6. The first kappa shape index (κ1) is 24.8. The van der Waals surface area contributed by atoms with Crippen LogP contribution in [-0.2, 0) is 29.7 Å². The van der Waals surface area contributed by atoms with Crippen LogP contribution in [0.15, 0.2) is 43.0 Å². The number of nitrogens with one attached hydrogen (secondary N) is 2. The normalized spacial score (nSPS) is 27.0. The predicted molar refractivity (Wildman–Crippen MR) is 127 cm³/mol. The van der Waals surface area contributed by atoms with Gasteiger partial charge in [-0.1, -0.05) is 30.3 Å². The minimum Gasteiger partial charge on any atom is -0.347 e. The van der Waals surface area contributed by atoms with Crippen molar-refractivity contribution in [1.82, 2.24) is 24.8 Å². The number of nitrogens with zero attached hydrogens (tertiary/aromatic N) is 4. The van der Waals surface area contributed by atoms with E-state index < -0.39 is 44.5 Å². The molecule has 5 rings (SSSR count). The fourth-order valence-electron chi connectivity index (χ4n) is 4.31. The second kappa shape index (κ2) is 10.2. The average molecular weight is 518 g/mol. The number of imidazole rings is 1. The van der Waals surface area contributed by atoms with E-state index in [0.717, 1.165) is 12.2 Å². The number of fused-ring (bicyclic) bond motifs is 2. The van der Waals surface area contributed by atoms with Gasteiger partial charge in [0.15, 0.2) is 29.5 Å². The molecular formula is C22H27N6O7P. The van der Waals surface area contributed by atoms with Crippen LogP contribution < -0.4 is 10.6 Å². The van der Waals surface area contributed by atoms with Gasteiger partial charge in [-0.15, -0.1) is 0 Å². The molecule has 192 valence electrons. The van der Waals surface area contributed by atoms with E-state index >= 15 is 0 Å². The third-order valence-corrected chi connectivity index (χ3v) is 6.46. The molecule has 14 heteroatoms. The summed E-state index contributed by atoms with van der Waals surface area (Å²) in [5.41, 5.74) is 1.83. The average Bonchev–Trinajstić information content (AvgIpc) is 3.52. The molecular weight excluding hydrogens is 491 g/mol. The van der Waals surface area contributed by atoms with Gasteiger partial charge in [0.05, 0.1) is 12.9 Å². The van der Waals surface area contributed by atoms with Crippen LogP contribution in [0.1, 0.15) is 18.7 Å². The van der Waals surface area contributed by atoms with Gasteiger partial charge in [0, 0.05) is 19.6 Å². The first-order valence-electron chi connectivity index (χ1n) is 11.5. The topological polar surface area (TPSA) is 159 Å². The third kappa shape index (κ3) is 5.26. The van der Waals surface area contributed by atoms with Crippen molar-refractivity contribution in [3.63, 3.8) is 0 Å². The summed E-state index contributed by atoms with van der Waals surface area (Å²) in [5, 5.41) is 5.31. The minimum atomic E-state index is -3.73. The molecule has 4 heterocycles. The molecule has 2 aliphatic rings. The van der Waals surface area contributed by atoms with Gasteiger partial charge in [0.2, 0.25) is 0 Å². The zero-order chi connectivity index (χ0) is 25.3. The molecule has 2 fully saturated rings. The van der Waals surface area contributed by atoms with E-state index in [2.05, 4.69) is 25.6 Å². The highest BCUT2D eigenvalue weighted by atomic mass is 31.2. The molecule has 1 aromatic carbocycles. The number of amides is 2. The van der Waals surface area contributed by atoms with Crippen molar-refractivity contribution in [2.24, 2.45) is 0 Å². The Hall–Kier alpha value is -2.93. The highest BCUT2D eigenvalue weighted by molar-refractivity contribution is 7.51. The number of benzene rings is 1. The quantitative estimate of drug-likeness (QED) is 0.377. The predicted octanol–water partition coefficient (Wildman–Crippen LogP) is 2.05. The van der Waals surface area contributed by atoms with Gasteiger partial charge < -0.3 is 28.9 Å². The summed E-state index contributed by atoms with van der Waals surface area (Å²) < 4.78 is 37.2. The molecule has 2 saturated heterocycles. The first-order chi connectivity index (χ1) is 17.3. The summed E-state index contributed by atoms with van der Waals surface area (Å²) in [6.45, 7) is 3.22. The number of aromatic nitrogens is 4. The molecule has 3 N–H and O–H groups in total. The summed E-state index contributed by atoms with van der Waals surface area (Å²) in [6.07, 6.45) is 0.324. The molecule has 0 aliphatic carbocycles. The standard InChI is InChI=1S/C22H27N6O7P/c1-3-23-22(29)27-19-16-20(25-11-24-19)28(12-26-16)21-18-17(14(33-21)10-32-36(2,30)31)34-15(35-18)9-13-7-5-4-6-8-13/h4-8,11-12,14-15,17-18,21H,3,9-10H2,1-2H3,(H,30,31)(H2,23,24,25,27,29)/t14-,15?,17?,18+,21-/m1/s1. The van der Waals surface area contributed by atoms with Crippen LogP contribution in [0.2, 0.25) is 0 Å². The van der Waals surface area contributed by atoms with Gasteiger partial charge >= 0.3 is 13.6 Å². The Morgan fingerprint density at radius 1 is 1.17 bits per heavy atom. The summed E-state index contributed by atoms with van der Waals surface area (Å²) in [4.78, 5) is 34.5. The minimum absolute atomic E-state index is 0.158. The number of ether oxygens (including phenoxy) is 3. The molecule has 3 unspecified atom stereocenters. The van der Waals surface area contributed by atoms with Gasteiger partial charge in [-0.2, -0.15) is 0 Å². The van der Waals surface area contributed by atoms with Crippen LogP contribution in [-0.4, -0.2) is 74.9 Å². The molecule has 36 heavy (non-hydrogen) atoms. The lowest BCUT2D eigenvalue weighted by Crippen LogP contribution is -2.31. The van der Waals surface area contributed by atoms with Crippen LogP contribution >= 0.6 is 7.60 Å². The fraction of sp³-hybridized carbons (Fsp3) is 0.455. The van der Waals surface area contributed by atoms with Crippen molar-refractivity contribution in [3.05, 3.63) is 48.5 Å². The maximum Gasteiger partial charge on any atom is 0.325 e. The Balaban J connectivity index is 1.41. The van der Waals surface area contributed by atoms with E-state index in [0.29, 0.717) is 24.1 Å². The molecule has 0 saturated carbocycles. The first-order valence-corrected chi connectivity index (χ1v) is 13.5. The van der Waals surface area contributed by atoms with Gasteiger partial charge in [0.25, 0.3) is 0 Å². The maximum atomic E-state index is 12.0. The number of hydrogen-bond acceptors (Lipinski definition) is 9. The summed E-state index contributed by atoms with van der Waals surface area (Å²) in [7, 11) is -3.73. The molecule has 3 aromatic rings. The van der Waals surface area contributed by atoms with Gasteiger partial charge in [-0.25, -0.2) is 19.7 Å². The smallest absolute Gasteiger partial charge is 0.325 e. The number of carbonyl (C=O) groups excluding carboxylic acids is 1. The molecule has 13 nitrogen and oxygen atoms in total. The lowest BCUT2D eigenvalue weighted by atomic mass is 10.1. The number of anilines is 1. The van der Waals surface area contributed by atoms with Crippen LogP contribution in [0, 0.1) is 0 Å². The molecule has 6 atom stereocenters. The molecule has 0 bridgehead atoms. The molecule has 0 radical (unpaired) electrons. The van der Waals surface area contributed by atoms with Crippen molar-refractivity contribution in [2.75, 3.05) is 25.1 Å². The Morgan fingerprint density at radius 3 is 2.69 bits per heavy atom. The second-order valence-corrected chi connectivity index (χ2v) is 10.4. The van der Waals surface area contributed by atoms with Crippen LogP contribution in [0.5, 0.6) is 0 Å². The maximum absolute atomic E-state index is 12.0. The van der Waals surface area contributed by atoms with E-state index in [1.54, 1.807) is 11.5 Å². The van der Waals surface area contributed by atoms with E-state index in [1.807, 2.05) is 30.3 Å². The number of hydrogen-bond donors (Lipinski definition) is 3. The van der Waals surface area contributed by atoms with E-state index in [4.69, 9.17) is 18.7 Å². The summed E-state index contributed by atoms with van der Waals surface area (Å²) in [5.74, 6) is 0.247. The van der Waals surface area contributed by atoms with E-state index in [1.165, 1.54) is 12.7 Å². The van der Waals surface area contributed by atoms with Gasteiger partial charge in [-0.05, 0) is 12.5 Å². The zero-order valence-electron chi connectivity index (χ0n) is 19.7. The highest BCUT2D eigenvalue weighted by Crippen LogP contribution is 2.44. The molecule has 0 spiro atoms. The van der Waals surface area contributed by atoms with Crippen molar-refractivity contribution < 1.29 is 33.0 Å². The van der Waals surface area contributed by atoms with E-state index in [-0.39, 0.29) is 12.4 Å². The van der Waals surface area contributed by atoms with E-state index in [9.17, 15) is 14.3 Å². The van der Waals surface area contributed by atoms with Crippen molar-refractivity contribution >= 4 is 30.6 Å². The monoisotopic (exact) mass is 518 g/mol. The fourth-order valence-corrected chi connectivity index (χ4v) is 4.74. The molecule has 2 aromatic heterocycles. The Labute approximate surface area is 206 Å². The van der Waals surface area contributed by atoms with Crippen LogP contribution in [0.3, 0.4) is 0 Å². The van der Waals surface area contributed by atoms with Crippen molar-refractivity contribution in [1.29, 1.82) is 0 Å². The molecule has 2 aliphatic heterocycles. The second-order valence-electron chi connectivity index (χ2n) is 8.52. The Morgan fingerprint density at radius 2 is 1.94 bits per heavy atom. The van der Waals surface area contributed by atoms with Crippen LogP contribution in [0.25, 0.3) is 11.2 Å². The number of urea groups is 1. The summed E-state index contributed by atoms with van der Waals surface area (Å²) >= 11 is 0. The van der Waals surface area contributed by atoms with Crippen molar-refractivity contribution in [2.45, 2.75) is 44.2 Å². The number of rotatable bonds is 8. The SMILES string of the molecule is CCNC(=O)Nc1ncnc2c1ncn2[C@@H]1O[C@H](COP(C)(=O)O)C2OC(Cc3ccccc3)O[C@@H]21. The van der Waals surface area contributed by atoms with Gasteiger partial charge in [0.1, 0.15) is 24.6 Å². The lowest BCUT2D eigenvalue weighted by molar-refractivity contribution is -0.148. The highest BCUT2D eigenvalue weighted by Gasteiger charge is 2.54. The summed E-state index contributed by atoms with van der Waals surface area (Å²) in [6, 6.07) is 9.38. The molecule has 2 amide bonds. The number of carbonyl (C=O) groups is 1. The lowest BCUT2D eigenvalue weighted by Gasteiger charge is -2.21. The van der Waals surface area contributed by atoms with Crippen LogP contribution in [0.4, 0.5) is 10.6 Å². The van der Waals surface area contributed by atoms with Gasteiger partial charge in [-0.3, -0.25) is 14.4 Å². The van der Waals surface area contributed by atoms with Crippen molar-refractivity contribution in [3.8, 4) is 0 Å². The third-order valence-electron chi connectivity index (χ3n) is 5.83. The Kier molecular flexibility index (Phi) is 7.02. The largest absolute Gasteiger partial charge is 0.347 e.